The standard InChI is InChI=1S/C31H24F2N4O7S/c1-36-14-13-27(38)37(31(36)42)26-12-6-10-21-18(7-5-11-22(21)26)15-25(30(40)41)34-29(39)28-23(32)16-19(17-24(28)33)35-45(43,44)20-8-3-2-4-9-20/h2-14,16-17,25,35H,15H2,1H3,(H,34,39)(H,40,41)/t25-/m0/s1. The van der Waals surface area contributed by atoms with Gasteiger partial charge in [0.2, 0.25) is 0 Å². The van der Waals surface area contributed by atoms with Gasteiger partial charge in [-0.25, -0.2) is 31.4 Å². The summed E-state index contributed by atoms with van der Waals surface area (Å²) in [6.45, 7) is 0. The molecule has 5 rings (SSSR count). The predicted octanol–water partition coefficient (Wildman–Crippen LogP) is 3.19. The molecule has 11 nitrogen and oxygen atoms in total. The number of nitrogens with zero attached hydrogens (tertiary/aromatic N) is 2. The quantitative estimate of drug-likeness (QED) is 0.225. The molecule has 45 heavy (non-hydrogen) atoms. The van der Waals surface area contributed by atoms with Crippen LogP contribution in [0.4, 0.5) is 14.5 Å². The minimum absolute atomic E-state index is 0.157. The molecule has 1 aromatic heterocycles. The van der Waals surface area contributed by atoms with Crippen LogP contribution in [0.25, 0.3) is 16.5 Å². The molecule has 230 valence electrons. The molecule has 0 unspecified atom stereocenters. The highest BCUT2D eigenvalue weighted by molar-refractivity contribution is 7.92. The number of aryl methyl sites for hydroxylation is 1. The van der Waals surface area contributed by atoms with Crippen LogP contribution in [0.1, 0.15) is 15.9 Å². The number of fused-ring (bicyclic) bond motifs is 1. The van der Waals surface area contributed by atoms with Gasteiger partial charge in [0.25, 0.3) is 21.5 Å². The summed E-state index contributed by atoms with van der Waals surface area (Å²) in [4.78, 5) is 50.3. The van der Waals surface area contributed by atoms with E-state index >= 15 is 0 Å². The number of hydrogen-bond acceptors (Lipinski definition) is 6. The number of benzene rings is 4. The molecule has 4 aromatic carbocycles. The van der Waals surface area contributed by atoms with Crippen molar-refractivity contribution in [1.29, 1.82) is 0 Å². The number of carboxylic acids is 1. The summed E-state index contributed by atoms with van der Waals surface area (Å²) in [6, 6.07) is 17.4. The van der Waals surface area contributed by atoms with Crippen molar-refractivity contribution in [2.24, 2.45) is 7.05 Å². The molecular formula is C31H24F2N4O7S. The van der Waals surface area contributed by atoms with E-state index in [4.69, 9.17) is 0 Å². The average Bonchev–Trinajstić information content (AvgIpc) is 2.99. The van der Waals surface area contributed by atoms with Gasteiger partial charge in [-0.05, 0) is 41.3 Å². The van der Waals surface area contributed by atoms with E-state index in [1.807, 2.05) is 4.72 Å². The van der Waals surface area contributed by atoms with Gasteiger partial charge >= 0.3 is 11.7 Å². The maximum atomic E-state index is 15.0. The molecule has 0 saturated heterocycles. The Bertz CT molecular complexity index is 2180. The van der Waals surface area contributed by atoms with E-state index < -0.39 is 62.1 Å². The summed E-state index contributed by atoms with van der Waals surface area (Å²) >= 11 is 0. The summed E-state index contributed by atoms with van der Waals surface area (Å²) in [5, 5.41) is 12.9. The van der Waals surface area contributed by atoms with Crippen LogP contribution in [-0.2, 0) is 28.3 Å². The number of nitrogens with one attached hydrogen (secondary N) is 2. The molecule has 0 radical (unpaired) electrons. The van der Waals surface area contributed by atoms with Gasteiger partial charge in [-0.1, -0.05) is 48.5 Å². The fourth-order valence-corrected chi connectivity index (χ4v) is 5.89. The third-order valence-corrected chi connectivity index (χ3v) is 8.38. The number of aromatic nitrogens is 2. The fourth-order valence-electron chi connectivity index (χ4n) is 4.83. The number of aliphatic carboxylic acids is 1. The van der Waals surface area contributed by atoms with E-state index in [1.165, 1.54) is 48.1 Å². The fraction of sp³-hybridized carbons (Fsp3) is 0.0968. The number of hydrogen-bond donors (Lipinski definition) is 3. The zero-order valence-corrected chi connectivity index (χ0v) is 24.2. The molecular weight excluding hydrogens is 610 g/mol. The second-order valence-electron chi connectivity index (χ2n) is 9.97. The highest BCUT2D eigenvalue weighted by Gasteiger charge is 2.27. The second kappa shape index (κ2) is 12.2. The van der Waals surface area contributed by atoms with Gasteiger partial charge in [-0.2, -0.15) is 0 Å². The molecule has 0 spiro atoms. The van der Waals surface area contributed by atoms with Gasteiger partial charge < -0.3 is 15.0 Å². The van der Waals surface area contributed by atoms with E-state index in [-0.39, 0.29) is 17.0 Å². The smallest absolute Gasteiger partial charge is 0.335 e. The molecule has 0 aliphatic carbocycles. The van der Waals surface area contributed by atoms with Crippen molar-refractivity contribution in [1.82, 2.24) is 14.5 Å². The van der Waals surface area contributed by atoms with Gasteiger partial charge in [0.05, 0.1) is 16.3 Å². The maximum absolute atomic E-state index is 15.0. The Morgan fingerprint density at radius 1 is 0.889 bits per heavy atom. The van der Waals surface area contributed by atoms with Gasteiger partial charge in [0, 0.05) is 31.1 Å². The number of halogens is 2. The summed E-state index contributed by atoms with van der Waals surface area (Å²) in [5.41, 5.74) is -2.12. The first-order chi connectivity index (χ1) is 21.4. The Hall–Kier alpha value is -5.63. The lowest BCUT2D eigenvalue weighted by atomic mass is 9.97. The molecule has 0 fully saturated rings. The van der Waals surface area contributed by atoms with Crippen molar-refractivity contribution >= 4 is 38.4 Å². The van der Waals surface area contributed by atoms with E-state index in [0.29, 0.717) is 28.5 Å². The van der Waals surface area contributed by atoms with Crippen molar-refractivity contribution in [3.8, 4) is 5.69 Å². The number of sulfonamides is 1. The summed E-state index contributed by atoms with van der Waals surface area (Å²) < 4.78 is 59.3. The Balaban J connectivity index is 1.43. The highest BCUT2D eigenvalue weighted by atomic mass is 32.2. The van der Waals surface area contributed by atoms with Crippen molar-refractivity contribution in [2.75, 3.05) is 4.72 Å². The minimum Gasteiger partial charge on any atom is -0.480 e. The number of carbonyl (C=O) groups is 2. The van der Waals surface area contributed by atoms with E-state index in [2.05, 4.69) is 5.32 Å². The normalized spacial score (nSPS) is 12.1. The zero-order chi connectivity index (χ0) is 32.5. The van der Waals surface area contributed by atoms with Crippen LogP contribution in [0.3, 0.4) is 0 Å². The first-order valence-electron chi connectivity index (χ1n) is 13.3. The van der Waals surface area contributed by atoms with Crippen molar-refractivity contribution in [3.63, 3.8) is 0 Å². The molecule has 0 bridgehead atoms. The average molecular weight is 635 g/mol. The van der Waals surface area contributed by atoms with Crippen LogP contribution in [0.2, 0.25) is 0 Å². The topological polar surface area (TPSA) is 157 Å². The van der Waals surface area contributed by atoms with Gasteiger partial charge in [0.15, 0.2) is 0 Å². The Labute approximate surface area is 254 Å². The van der Waals surface area contributed by atoms with Crippen LogP contribution in [0.5, 0.6) is 0 Å². The second-order valence-corrected chi connectivity index (χ2v) is 11.7. The molecule has 0 saturated carbocycles. The van der Waals surface area contributed by atoms with E-state index in [1.54, 1.807) is 42.5 Å². The lowest BCUT2D eigenvalue weighted by Gasteiger charge is -2.18. The van der Waals surface area contributed by atoms with Gasteiger partial charge in [-0.15, -0.1) is 0 Å². The van der Waals surface area contributed by atoms with Crippen LogP contribution >= 0.6 is 0 Å². The molecule has 1 atom stereocenters. The third-order valence-electron chi connectivity index (χ3n) is 6.99. The minimum atomic E-state index is -4.19. The Morgan fingerprint density at radius 3 is 2.20 bits per heavy atom. The Morgan fingerprint density at radius 2 is 1.53 bits per heavy atom. The SMILES string of the molecule is Cn1ccc(=O)n(-c2cccc3c(C[C@H](NC(=O)c4c(F)cc(NS(=O)(=O)c5ccccc5)cc4F)C(=O)O)cccc23)c1=O. The molecule has 14 heteroatoms. The lowest BCUT2D eigenvalue weighted by molar-refractivity contribution is -0.139. The first-order valence-corrected chi connectivity index (χ1v) is 14.8. The molecule has 0 aliphatic rings. The molecule has 5 aromatic rings. The highest BCUT2D eigenvalue weighted by Crippen LogP contribution is 2.26. The summed E-state index contributed by atoms with van der Waals surface area (Å²) in [7, 11) is -2.71. The number of amides is 1. The van der Waals surface area contributed by atoms with Crippen LogP contribution in [-0.4, -0.2) is 40.6 Å². The summed E-state index contributed by atoms with van der Waals surface area (Å²) in [5.74, 6) is -5.73. The van der Waals surface area contributed by atoms with E-state index in [9.17, 15) is 41.5 Å². The molecule has 1 amide bonds. The monoisotopic (exact) mass is 634 g/mol. The number of carboxylic acid groups (broad SMARTS) is 1. The Kier molecular flexibility index (Phi) is 8.33. The number of carbonyl (C=O) groups excluding carboxylic acids is 1. The first kappa shape index (κ1) is 30.8. The maximum Gasteiger partial charge on any atom is 0.335 e. The van der Waals surface area contributed by atoms with Crippen molar-refractivity contribution in [3.05, 3.63) is 135 Å². The molecule has 0 aliphatic heterocycles. The molecule has 1 heterocycles. The van der Waals surface area contributed by atoms with Crippen molar-refractivity contribution in [2.45, 2.75) is 17.4 Å². The van der Waals surface area contributed by atoms with Crippen molar-refractivity contribution < 1.29 is 31.9 Å². The number of rotatable bonds is 9. The molecule has 3 N–H and O–H groups in total. The third kappa shape index (κ3) is 6.21. The summed E-state index contributed by atoms with van der Waals surface area (Å²) in [6.07, 6.45) is 1.00. The predicted molar refractivity (Wildman–Crippen MR) is 161 cm³/mol. The zero-order valence-electron chi connectivity index (χ0n) is 23.4. The van der Waals surface area contributed by atoms with Gasteiger partial charge in [-0.3, -0.25) is 14.3 Å². The van der Waals surface area contributed by atoms with E-state index in [0.717, 1.165) is 4.57 Å². The van der Waals surface area contributed by atoms with Gasteiger partial charge in [0.1, 0.15) is 23.2 Å². The number of anilines is 1. The van der Waals surface area contributed by atoms with Crippen LogP contribution in [0, 0.1) is 11.6 Å². The van der Waals surface area contributed by atoms with Crippen LogP contribution < -0.4 is 21.3 Å². The van der Waals surface area contributed by atoms with Crippen LogP contribution in [0.15, 0.2) is 106 Å². The largest absolute Gasteiger partial charge is 0.480 e. The lowest BCUT2D eigenvalue weighted by Crippen LogP contribution is -2.43.